The number of carbonyl (C=O) groups excluding carboxylic acids is 1. The highest BCUT2D eigenvalue weighted by Gasteiger charge is 2.12. The maximum absolute atomic E-state index is 12.4. The lowest BCUT2D eigenvalue weighted by atomic mass is 10.1. The summed E-state index contributed by atoms with van der Waals surface area (Å²) in [7, 11) is 5.01. The van der Waals surface area contributed by atoms with Crippen molar-refractivity contribution in [3.8, 4) is 11.5 Å². The molecule has 176 valence electrons. The molecule has 32 heavy (non-hydrogen) atoms. The highest BCUT2D eigenvalue weighted by Crippen LogP contribution is 2.27. The van der Waals surface area contributed by atoms with Crippen LogP contribution in [-0.4, -0.2) is 57.7 Å². The Hall–Kier alpha value is -2.49. The van der Waals surface area contributed by atoms with Gasteiger partial charge in [0, 0.05) is 38.8 Å². The summed E-state index contributed by atoms with van der Waals surface area (Å²) in [6.45, 7) is 6.75. The molecule has 0 atom stereocenters. The molecule has 0 saturated carbocycles. The second-order valence-electron chi connectivity index (χ2n) is 6.97. The smallest absolute Gasteiger partial charge is 0.253 e. The van der Waals surface area contributed by atoms with Gasteiger partial charge in [0.2, 0.25) is 0 Å². The van der Waals surface area contributed by atoms with Gasteiger partial charge in [-0.2, -0.15) is 0 Å². The van der Waals surface area contributed by atoms with E-state index in [1.54, 1.807) is 21.3 Å². The summed E-state index contributed by atoms with van der Waals surface area (Å²) in [6.07, 6.45) is 0.823. The molecule has 0 heterocycles. The number of nitrogens with one attached hydrogen (secondary N) is 2. The quantitative estimate of drug-likeness (QED) is 0.266. The van der Waals surface area contributed by atoms with E-state index in [9.17, 15) is 4.79 Å². The number of nitrogens with zero attached hydrogens (tertiary/aromatic N) is 2. The normalized spacial score (nSPS) is 10.7. The minimum atomic E-state index is 0. The molecule has 0 aliphatic rings. The molecule has 0 spiro atoms. The van der Waals surface area contributed by atoms with Crippen LogP contribution in [0.4, 0.5) is 0 Å². The zero-order valence-corrected chi connectivity index (χ0v) is 21.9. The fraction of sp³-hybridized carbons (Fsp3) is 0.417. The highest BCUT2D eigenvalue weighted by atomic mass is 127. The van der Waals surface area contributed by atoms with E-state index in [0.29, 0.717) is 25.2 Å². The maximum atomic E-state index is 12.4. The minimum Gasteiger partial charge on any atom is -0.493 e. The number of benzene rings is 2. The number of hydrogen-bond acceptors (Lipinski definition) is 4. The summed E-state index contributed by atoms with van der Waals surface area (Å²) in [5.74, 6) is 2.24. The number of rotatable bonds is 10. The molecular weight excluding hydrogens is 519 g/mol. The number of halogens is 1. The van der Waals surface area contributed by atoms with Gasteiger partial charge >= 0.3 is 0 Å². The van der Waals surface area contributed by atoms with E-state index >= 15 is 0 Å². The maximum Gasteiger partial charge on any atom is 0.253 e. The van der Waals surface area contributed by atoms with Crippen LogP contribution < -0.4 is 20.1 Å². The predicted octanol–water partition coefficient (Wildman–Crippen LogP) is 3.71. The topological polar surface area (TPSA) is 75.2 Å². The number of guanidine groups is 1. The van der Waals surface area contributed by atoms with Crippen LogP contribution in [0, 0.1) is 0 Å². The molecule has 0 aliphatic carbocycles. The summed E-state index contributed by atoms with van der Waals surface area (Å²) < 4.78 is 10.6. The first-order valence-electron chi connectivity index (χ1n) is 10.6. The molecular formula is C24H35IN4O3. The van der Waals surface area contributed by atoms with Crippen molar-refractivity contribution in [3.05, 3.63) is 59.2 Å². The van der Waals surface area contributed by atoms with Gasteiger partial charge in [0.15, 0.2) is 17.5 Å². The molecule has 1 amide bonds. The lowest BCUT2D eigenvalue weighted by molar-refractivity contribution is 0.0773. The van der Waals surface area contributed by atoms with E-state index in [-0.39, 0.29) is 29.9 Å². The van der Waals surface area contributed by atoms with E-state index < -0.39 is 0 Å². The number of carbonyl (C=O) groups is 1. The fourth-order valence-corrected chi connectivity index (χ4v) is 3.23. The third-order valence-electron chi connectivity index (χ3n) is 5.09. The van der Waals surface area contributed by atoms with Crippen molar-refractivity contribution in [2.75, 3.05) is 40.9 Å². The molecule has 0 radical (unpaired) electrons. The van der Waals surface area contributed by atoms with Gasteiger partial charge in [-0.3, -0.25) is 9.79 Å². The van der Waals surface area contributed by atoms with E-state index in [2.05, 4.69) is 15.6 Å². The van der Waals surface area contributed by atoms with E-state index in [4.69, 9.17) is 9.47 Å². The van der Waals surface area contributed by atoms with Gasteiger partial charge in [-0.15, -0.1) is 24.0 Å². The van der Waals surface area contributed by atoms with Crippen molar-refractivity contribution in [2.45, 2.75) is 26.8 Å². The summed E-state index contributed by atoms with van der Waals surface area (Å²) in [5, 5.41) is 6.63. The van der Waals surface area contributed by atoms with Gasteiger partial charge in [0.05, 0.1) is 14.2 Å². The Kier molecular flexibility index (Phi) is 12.5. The van der Waals surface area contributed by atoms with E-state index in [1.165, 1.54) is 0 Å². The molecule has 8 heteroatoms. The van der Waals surface area contributed by atoms with Gasteiger partial charge in [-0.1, -0.05) is 18.2 Å². The number of amides is 1. The second kappa shape index (κ2) is 14.5. The molecule has 0 aromatic heterocycles. The summed E-state index contributed by atoms with van der Waals surface area (Å²) in [5.41, 5.74) is 2.94. The van der Waals surface area contributed by atoms with Crippen LogP contribution in [0.2, 0.25) is 0 Å². The third kappa shape index (κ3) is 7.89. The molecule has 2 rings (SSSR count). The highest BCUT2D eigenvalue weighted by molar-refractivity contribution is 14.0. The van der Waals surface area contributed by atoms with E-state index in [0.717, 1.165) is 41.6 Å². The average Bonchev–Trinajstić information content (AvgIpc) is 2.82. The lowest BCUT2D eigenvalue weighted by Crippen LogP contribution is -2.37. The van der Waals surface area contributed by atoms with Crippen molar-refractivity contribution in [1.29, 1.82) is 0 Å². The first kappa shape index (κ1) is 27.5. The Balaban J connectivity index is 0.00000512. The second-order valence-corrected chi connectivity index (χ2v) is 6.97. The average molecular weight is 554 g/mol. The zero-order valence-electron chi connectivity index (χ0n) is 19.6. The van der Waals surface area contributed by atoms with Crippen LogP contribution >= 0.6 is 24.0 Å². The Bertz CT molecular complexity index is 868. The van der Waals surface area contributed by atoms with Crippen LogP contribution in [0.5, 0.6) is 11.5 Å². The largest absolute Gasteiger partial charge is 0.493 e. The van der Waals surface area contributed by atoms with Gasteiger partial charge < -0.3 is 25.0 Å². The molecule has 7 nitrogen and oxygen atoms in total. The molecule has 0 saturated heterocycles. The van der Waals surface area contributed by atoms with Crippen LogP contribution in [0.25, 0.3) is 0 Å². The van der Waals surface area contributed by atoms with Crippen molar-refractivity contribution in [1.82, 2.24) is 15.5 Å². The SMILES string of the molecule is CCN(CC)C(=O)c1ccc(CNC(=NC)NCCc2ccc(OC)c(OC)c2)cc1.I. The number of aliphatic imine (C=N–C) groups is 1. The van der Waals surface area contributed by atoms with Gasteiger partial charge in [0.25, 0.3) is 5.91 Å². The molecule has 2 N–H and O–H groups in total. The monoisotopic (exact) mass is 554 g/mol. The zero-order chi connectivity index (χ0) is 22.6. The van der Waals surface area contributed by atoms with Crippen molar-refractivity contribution in [2.24, 2.45) is 4.99 Å². The molecule has 0 unspecified atom stereocenters. The molecule has 2 aromatic rings. The van der Waals surface area contributed by atoms with Crippen molar-refractivity contribution < 1.29 is 14.3 Å². The Morgan fingerprint density at radius 2 is 1.56 bits per heavy atom. The first-order valence-corrected chi connectivity index (χ1v) is 10.6. The standard InChI is InChI=1S/C24H34N4O3.HI/c1-6-28(7-2)23(29)20-11-8-19(9-12-20)17-27-24(25-3)26-15-14-18-10-13-21(30-4)22(16-18)31-5;/h8-13,16H,6-7,14-15,17H2,1-5H3,(H2,25,26,27);1H. The van der Waals surface area contributed by atoms with Crippen LogP contribution in [0.1, 0.15) is 35.3 Å². The fourth-order valence-electron chi connectivity index (χ4n) is 3.23. The molecule has 0 bridgehead atoms. The molecule has 0 fully saturated rings. The van der Waals surface area contributed by atoms with Gasteiger partial charge in [-0.05, 0) is 55.7 Å². The lowest BCUT2D eigenvalue weighted by Gasteiger charge is -2.18. The Morgan fingerprint density at radius 3 is 2.12 bits per heavy atom. The molecule has 2 aromatic carbocycles. The Morgan fingerprint density at radius 1 is 0.938 bits per heavy atom. The first-order chi connectivity index (χ1) is 15.1. The van der Waals surface area contributed by atoms with Gasteiger partial charge in [0.1, 0.15) is 0 Å². The van der Waals surface area contributed by atoms with Crippen LogP contribution in [-0.2, 0) is 13.0 Å². The predicted molar refractivity (Wildman–Crippen MR) is 141 cm³/mol. The number of hydrogen-bond donors (Lipinski definition) is 2. The minimum absolute atomic E-state index is 0. The summed E-state index contributed by atoms with van der Waals surface area (Å²) in [6, 6.07) is 13.6. The van der Waals surface area contributed by atoms with Crippen molar-refractivity contribution >= 4 is 35.8 Å². The molecule has 0 aliphatic heterocycles. The Labute approximate surface area is 208 Å². The number of methoxy groups -OCH3 is 2. The third-order valence-corrected chi connectivity index (χ3v) is 5.09. The van der Waals surface area contributed by atoms with Gasteiger partial charge in [-0.25, -0.2) is 0 Å². The summed E-state index contributed by atoms with van der Waals surface area (Å²) in [4.78, 5) is 18.5. The van der Waals surface area contributed by atoms with Crippen LogP contribution in [0.15, 0.2) is 47.5 Å². The number of ether oxygens (including phenoxy) is 2. The van der Waals surface area contributed by atoms with Crippen molar-refractivity contribution in [3.63, 3.8) is 0 Å². The van der Waals surface area contributed by atoms with Crippen LogP contribution in [0.3, 0.4) is 0 Å². The summed E-state index contributed by atoms with van der Waals surface area (Å²) >= 11 is 0. The van der Waals surface area contributed by atoms with E-state index in [1.807, 2.05) is 61.2 Å².